The number of rotatable bonds is 1. The molecule has 0 aromatic carbocycles. The molecule has 25 heavy (non-hydrogen) atoms. The quantitative estimate of drug-likeness (QED) is 0.764. The Hall–Kier alpha value is -0.740. The fourth-order valence-corrected chi connectivity index (χ4v) is 7.60. The molecule has 8 atom stereocenters. The molecule has 4 heteroatoms. The van der Waals surface area contributed by atoms with Gasteiger partial charge in [-0.1, -0.05) is 13.8 Å². The Kier molecular flexibility index (Phi) is 3.81. The molecule has 0 aliphatic heterocycles. The van der Waals surface area contributed by atoms with Crippen LogP contribution in [0, 0.1) is 34.5 Å². The summed E-state index contributed by atoms with van der Waals surface area (Å²) in [5, 5.41) is 21.4. The van der Waals surface area contributed by atoms with E-state index in [1.807, 2.05) is 6.92 Å². The number of hydrogen-bond acceptors (Lipinski definition) is 4. The Labute approximate surface area is 150 Å². The summed E-state index contributed by atoms with van der Waals surface area (Å²) in [4.78, 5) is 24.7. The van der Waals surface area contributed by atoms with E-state index in [2.05, 4.69) is 6.92 Å². The van der Waals surface area contributed by atoms with Gasteiger partial charge in [-0.25, -0.2) is 0 Å². The zero-order valence-electron chi connectivity index (χ0n) is 15.8. The Bertz CT molecular complexity index is 613. The van der Waals surface area contributed by atoms with Gasteiger partial charge in [-0.2, -0.15) is 0 Å². The molecule has 4 aliphatic carbocycles. The average Bonchev–Trinajstić information content (AvgIpc) is 2.77. The van der Waals surface area contributed by atoms with Crippen molar-refractivity contribution in [2.45, 2.75) is 83.8 Å². The highest BCUT2D eigenvalue weighted by atomic mass is 16.4. The molecule has 0 heterocycles. The molecule has 4 rings (SSSR count). The van der Waals surface area contributed by atoms with Crippen molar-refractivity contribution in [3.63, 3.8) is 0 Å². The van der Waals surface area contributed by atoms with Crippen LogP contribution in [-0.4, -0.2) is 33.5 Å². The minimum absolute atomic E-state index is 0.161. The van der Waals surface area contributed by atoms with Crippen molar-refractivity contribution in [1.29, 1.82) is 0 Å². The molecule has 0 aromatic heterocycles. The molecular formula is C21H32O4. The van der Waals surface area contributed by atoms with Gasteiger partial charge < -0.3 is 10.2 Å². The highest BCUT2D eigenvalue weighted by Gasteiger charge is 2.69. The Morgan fingerprint density at radius 3 is 2.44 bits per heavy atom. The van der Waals surface area contributed by atoms with Crippen LogP contribution >= 0.6 is 0 Å². The first kappa shape index (κ1) is 17.7. The van der Waals surface area contributed by atoms with E-state index in [1.54, 1.807) is 6.92 Å². The third-order valence-electron chi connectivity index (χ3n) is 9.18. The zero-order chi connectivity index (χ0) is 18.2. The van der Waals surface area contributed by atoms with Crippen molar-refractivity contribution in [3.8, 4) is 0 Å². The van der Waals surface area contributed by atoms with Gasteiger partial charge >= 0.3 is 0 Å². The Balaban J connectivity index is 1.68. The topological polar surface area (TPSA) is 74.6 Å². The van der Waals surface area contributed by atoms with Crippen molar-refractivity contribution < 1.29 is 19.8 Å². The predicted octanol–water partition coefficient (Wildman–Crippen LogP) is 2.89. The first-order valence-electron chi connectivity index (χ1n) is 10.1. The molecule has 4 saturated carbocycles. The van der Waals surface area contributed by atoms with Gasteiger partial charge in [0.05, 0.1) is 6.10 Å². The first-order valence-corrected chi connectivity index (χ1v) is 10.1. The van der Waals surface area contributed by atoms with Gasteiger partial charge in [0.2, 0.25) is 0 Å². The summed E-state index contributed by atoms with van der Waals surface area (Å²) in [6.07, 6.45) is 5.72. The number of ketones is 2. The summed E-state index contributed by atoms with van der Waals surface area (Å²) in [6.45, 7) is 5.97. The molecule has 0 spiro atoms. The summed E-state index contributed by atoms with van der Waals surface area (Å²) in [5.74, 6) is 1.88. The highest BCUT2D eigenvalue weighted by molar-refractivity contribution is 5.91. The molecule has 140 valence electrons. The number of carbonyl (C=O) groups excluding carboxylic acids is 2. The lowest BCUT2D eigenvalue weighted by Crippen LogP contribution is -2.60. The largest absolute Gasteiger partial charge is 0.390 e. The van der Waals surface area contributed by atoms with Gasteiger partial charge in [-0.05, 0) is 68.1 Å². The molecule has 0 radical (unpaired) electrons. The van der Waals surface area contributed by atoms with Crippen LogP contribution in [-0.2, 0) is 9.59 Å². The molecule has 0 saturated heterocycles. The lowest BCUT2D eigenvalue weighted by molar-refractivity contribution is -0.187. The molecule has 4 fully saturated rings. The van der Waals surface area contributed by atoms with Gasteiger partial charge in [0, 0.05) is 24.7 Å². The van der Waals surface area contributed by atoms with Crippen molar-refractivity contribution >= 4 is 11.6 Å². The van der Waals surface area contributed by atoms with Crippen LogP contribution in [0.15, 0.2) is 0 Å². The maximum atomic E-state index is 12.7. The van der Waals surface area contributed by atoms with Crippen molar-refractivity contribution in [1.82, 2.24) is 0 Å². The van der Waals surface area contributed by atoms with Crippen LogP contribution in [0.1, 0.15) is 72.1 Å². The summed E-state index contributed by atoms with van der Waals surface area (Å²) in [6, 6.07) is 0. The third-order valence-corrected chi connectivity index (χ3v) is 9.18. The zero-order valence-corrected chi connectivity index (χ0v) is 15.8. The van der Waals surface area contributed by atoms with Gasteiger partial charge in [-0.3, -0.25) is 9.59 Å². The summed E-state index contributed by atoms with van der Waals surface area (Å²) in [5.41, 5.74) is -1.91. The summed E-state index contributed by atoms with van der Waals surface area (Å²) in [7, 11) is 0. The normalized spacial score (nSPS) is 53.8. The number of carbonyl (C=O) groups is 2. The molecular weight excluding hydrogens is 316 g/mol. The van der Waals surface area contributed by atoms with Gasteiger partial charge in [0.15, 0.2) is 11.4 Å². The number of hydrogen-bond donors (Lipinski definition) is 2. The molecule has 0 bridgehead atoms. The minimum Gasteiger partial charge on any atom is -0.390 e. The highest BCUT2D eigenvalue weighted by Crippen LogP contribution is 2.67. The Morgan fingerprint density at radius 2 is 1.76 bits per heavy atom. The molecule has 0 aromatic rings. The van der Waals surface area contributed by atoms with E-state index < -0.39 is 17.1 Å². The molecule has 4 aliphatic rings. The smallest absolute Gasteiger partial charge is 0.167 e. The van der Waals surface area contributed by atoms with Gasteiger partial charge in [0.1, 0.15) is 5.78 Å². The minimum atomic E-state index is -1.59. The number of Topliss-reactive ketones (excluding diaryl/α,β-unsaturated/α-hetero) is 2. The third kappa shape index (κ3) is 2.07. The number of fused-ring (bicyclic) bond motifs is 5. The van der Waals surface area contributed by atoms with Crippen molar-refractivity contribution in [3.05, 3.63) is 0 Å². The first-order chi connectivity index (χ1) is 11.6. The fraction of sp³-hybridized carbons (Fsp3) is 0.905. The lowest BCUT2D eigenvalue weighted by Gasteiger charge is -2.60. The second kappa shape index (κ2) is 5.39. The predicted molar refractivity (Wildman–Crippen MR) is 93.8 cm³/mol. The van der Waals surface area contributed by atoms with Gasteiger partial charge in [0.25, 0.3) is 0 Å². The molecule has 2 N–H and O–H groups in total. The van der Waals surface area contributed by atoms with Crippen LogP contribution in [0.5, 0.6) is 0 Å². The maximum Gasteiger partial charge on any atom is 0.167 e. The van der Waals surface area contributed by atoms with Crippen LogP contribution in [0.25, 0.3) is 0 Å². The van der Waals surface area contributed by atoms with E-state index in [1.165, 1.54) is 0 Å². The van der Waals surface area contributed by atoms with E-state index >= 15 is 0 Å². The van der Waals surface area contributed by atoms with Crippen LogP contribution < -0.4 is 0 Å². The van der Waals surface area contributed by atoms with Crippen molar-refractivity contribution in [2.24, 2.45) is 34.5 Å². The Morgan fingerprint density at radius 1 is 1.04 bits per heavy atom. The van der Waals surface area contributed by atoms with Crippen molar-refractivity contribution in [2.75, 3.05) is 0 Å². The van der Waals surface area contributed by atoms with Crippen LogP contribution in [0.4, 0.5) is 0 Å². The average molecular weight is 348 g/mol. The van der Waals surface area contributed by atoms with E-state index in [0.717, 1.165) is 38.5 Å². The fourth-order valence-electron chi connectivity index (χ4n) is 7.60. The standard InChI is InChI=1S/C21H32O4/c1-12(22)21(25)18(24)11-17-15-5-4-13-10-14(23)6-8-19(13,2)16(15)7-9-20(17,21)3/h12-13,15-17,22,25H,4-11H2,1-3H3/t12?,13?,15-,16+,17+,19+,20+,21-/m1/s1. The summed E-state index contributed by atoms with van der Waals surface area (Å²) >= 11 is 0. The van der Waals surface area contributed by atoms with E-state index in [0.29, 0.717) is 36.4 Å². The number of aliphatic hydroxyl groups excluding tert-OH is 1. The molecule has 2 unspecified atom stereocenters. The second-order valence-corrected chi connectivity index (χ2v) is 9.93. The molecule has 0 amide bonds. The van der Waals surface area contributed by atoms with E-state index in [4.69, 9.17) is 0 Å². The monoisotopic (exact) mass is 348 g/mol. The second-order valence-electron chi connectivity index (χ2n) is 9.93. The molecule has 4 nitrogen and oxygen atoms in total. The van der Waals surface area contributed by atoms with E-state index in [9.17, 15) is 19.8 Å². The lowest BCUT2D eigenvalue weighted by atomic mass is 9.44. The van der Waals surface area contributed by atoms with E-state index in [-0.39, 0.29) is 17.1 Å². The summed E-state index contributed by atoms with van der Waals surface area (Å²) < 4.78 is 0. The maximum absolute atomic E-state index is 12.7. The number of aliphatic hydroxyl groups is 2. The van der Waals surface area contributed by atoms with Crippen LogP contribution in [0.3, 0.4) is 0 Å². The van der Waals surface area contributed by atoms with Gasteiger partial charge in [-0.15, -0.1) is 0 Å². The SMILES string of the molecule is CC(O)[C@@]1(O)C(=O)C[C@H]2[C@@H]3CCC4CC(=O)CC[C@]4(C)[C@H]3CC[C@@]21C. The van der Waals surface area contributed by atoms with Crippen LogP contribution in [0.2, 0.25) is 0 Å².